The Labute approximate surface area is 207 Å². The Hall–Kier alpha value is -3.35. The molecule has 3 aliphatic rings. The van der Waals surface area contributed by atoms with Crippen LogP contribution in [0.2, 0.25) is 0 Å². The number of carbonyl (C=O) groups is 2. The third-order valence-corrected chi connectivity index (χ3v) is 7.48. The van der Waals surface area contributed by atoms with Crippen LogP contribution in [-0.2, 0) is 22.6 Å². The van der Waals surface area contributed by atoms with Crippen LogP contribution < -0.4 is 10.7 Å². The van der Waals surface area contributed by atoms with E-state index in [0.717, 1.165) is 43.5 Å². The van der Waals surface area contributed by atoms with Crippen LogP contribution in [0.3, 0.4) is 0 Å². The maximum absolute atomic E-state index is 13.5. The minimum Gasteiger partial charge on any atom is -0.356 e. The summed E-state index contributed by atoms with van der Waals surface area (Å²) in [6.45, 7) is 3.26. The Morgan fingerprint density at radius 3 is 2.60 bits per heavy atom. The molecule has 1 aliphatic carbocycles. The van der Waals surface area contributed by atoms with E-state index in [0.29, 0.717) is 25.9 Å². The monoisotopic (exact) mass is 473 g/mol. The molecule has 5 rings (SSSR count). The highest BCUT2D eigenvalue weighted by Crippen LogP contribution is 2.38. The highest BCUT2D eigenvalue weighted by Gasteiger charge is 2.50. The molecule has 0 spiro atoms. The number of hydrogen-bond acceptors (Lipinski definition) is 5. The van der Waals surface area contributed by atoms with Crippen molar-refractivity contribution < 1.29 is 9.59 Å². The number of aryl methyl sites for hydroxylation is 1. The highest BCUT2D eigenvalue weighted by molar-refractivity contribution is 5.91. The van der Waals surface area contributed by atoms with E-state index in [9.17, 15) is 9.59 Å². The molecule has 2 fully saturated rings. The van der Waals surface area contributed by atoms with Crippen molar-refractivity contribution >= 4 is 17.6 Å². The van der Waals surface area contributed by atoms with E-state index in [4.69, 9.17) is 0 Å². The summed E-state index contributed by atoms with van der Waals surface area (Å²) in [4.78, 5) is 30.3. The summed E-state index contributed by atoms with van der Waals surface area (Å²) in [5, 5.41) is 7.67. The van der Waals surface area contributed by atoms with Gasteiger partial charge in [0.2, 0.25) is 11.8 Å². The van der Waals surface area contributed by atoms with E-state index in [1.165, 1.54) is 11.1 Å². The van der Waals surface area contributed by atoms with Gasteiger partial charge < -0.3 is 10.2 Å². The molecule has 35 heavy (non-hydrogen) atoms. The summed E-state index contributed by atoms with van der Waals surface area (Å²) in [7, 11) is 0. The zero-order valence-corrected chi connectivity index (χ0v) is 20.5. The second-order valence-corrected chi connectivity index (χ2v) is 9.93. The first-order valence-electron chi connectivity index (χ1n) is 12.9. The van der Waals surface area contributed by atoms with E-state index < -0.39 is 0 Å². The van der Waals surface area contributed by atoms with Crippen LogP contribution in [-0.4, -0.2) is 46.3 Å². The van der Waals surface area contributed by atoms with Crippen LogP contribution >= 0.6 is 0 Å². The minimum atomic E-state index is -0.276. The van der Waals surface area contributed by atoms with Crippen molar-refractivity contribution in [2.75, 3.05) is 6.54 Å². The molecule has 0 aromatic heterocycles. The van der Waals surface area contributed by atoms with Gasteiger partial charge in [0.25, 0.3) is 0 Å². The summed E-state index contributed by atoms with van der Waals surface area (Å²) < 4.78 is 0. The van der Waals surface area contributed by atoms with Gasteiger partial charge in [-0.15, -0.1) is 0 Å². The molecule has 1 saturated carbocycles. The first-order valence-corrected chi connectivity index (χ1v) is 12.9. The van der Waals surface area contributed by atoms with E-state index in [-0.39, 0.29) is 30.1 Å². The molecule has 7 nitrogen and oxygen atoms in total. The number of amidine groups is 1. The predicted molar refractivity (Wildman–Crippen MR) is 136 cm³/mol. The Bertz CT molecular complexity index is 1070. The summed E-state index contributed by atoms with van der Waals surface area (Å²) in [5.74, 6) is 1.15. The van der Waals surface area contributed by atoms with Gasteiger partial charge in [0.05, 0.1) is 5.92 Å². The lowest BCUT2D eigenvalue weighted by atomic mass is 9.80. The second kappa shape index (κ2) is 10.5. The van der Waals surface area contributed by atoms with Gasteiger partial charge in [-0.2, -0.15) is 5.10 Å². The molecule has 2 amide bonds. The van der Waals surface area contributed by atoms with Gasteiger partial charge in [-0.1, -0.05) is 73.0 Å². The SMILES string of the molecule is Cc1ccc(CCNC(=O)CCC2=NNC3N(Cc4ccccc4)C(=O)C4CCCCC4N23)cc1. The standard InChI is InChI=1S/C28H35N5O2/c1-20-11-13-21(14-12-20)17-18-29-26(34)16-15-25-30-31-28-32(19-22-7-3-2-4-8-22)27(35)23-9-5-6-10-24(23)33(25)28/h2-4,7-8,11-14,23-24,28,31H,5-6,9-10,15-19H2,1H3,(H,29,34). The zero-order valence-electron chi connectivity index (χ0n) is 20.5. The average molecular weight is 474 g/mol. The number of hydrogen-bond donors (Lipinski definition) is 2. The maximum atomic E-state index is 13.5. The molecule has 0 bridgehead atoms. The third kappa shape index (κ3) is 5.19. The third-order valence-electron chi connectivity index (χ3n) is 7.48. The Morgan fingerprint density at radius 2 is 1.80 bits per heavy atom. The molecule has 184 valence electrons. The van der Waals surface area contributed by atoms with Gasteiger partial charge in [-0.25, -0.2) is 0 Å². The number of benzene rings is 2. The summed E-state index contributed by atoms with van der Waals surface area (Å²) in [6, 6.07) is 18.7. The molecule has 3 atom stereocenters. The van der Waals surface area contributed by atoms with E-state index in [1.807, 2.05) is 23.1 Å². The Morgan fingerprint density at radius 1 is 1.03 bits per heavy atom. The zero-order chi connectivity index (χ0) is 24.2. The highest BCUT2D eigenvalue weighted by atomic mass is 16.2. The predicted octanol–water partition coefficient (Wildman–Crippen LogP) is 3.54. The average Bonchev–Trinajstić information content (AvgIpc) is 3.31. The van der Waals surface area contributed by atoms with Crippen molar-refractivity contribution in [3.63, 3.8) is 0 Å². The van der Waals surface area contributed by atoms with Crippen molar-refractivity contribution in [2.45, 2.75) is 70.7 Å². The number of hydrazone groups is 1. The molecular weight excluding hydrogens is 438 g/mol. The fourth-order valence-electron chi connectivity index (χ4n) is 5.60. The first kappa shape index (κ1) is 23.4. The number of rotatable bonds is 8. The first-order chi connectivity index (χ1) is 17.1. The van der Waals surface area contributed by atoms with Crippen LogP contribution in [0.5, 0.6) is 0 Å². The van der Waals surface area contributed by atoms with Crippen molar-refractivity contribution in [3.05, 3.63) is 71.3 Å². The van der Waals surface area contributed by atoms with E-state index in [1.54, 1.807) is 0 Å². The summed E-state index contributed by atoms with van der Waals surface area (Å²) in [5.41, 5.74) is 6.80. The maximum Gasteiger partial charge on any atom is 0.231 e. The molecule has 0 radical (unpaired) electrons. The largest absolute Gasteiger partial charge is 0.356 e. The Balaban J connectivity index is 1.20. The van der Waals surface area contributed by atoms with Crippen LogP contribution in [0.25, 0.3) is 0 Å². The molecule has 2 aromatic carbocycles. The van der Waals surface area contributed by atoms with Gasteiger partial charge in [0.1, 0.15) is 5.84 Å². The fraction of sp³-hybridized carbons (Fsp3) is 0.464. The van der Waals surface area contributed by atoms with Crippen LogP contribution in [0, 0.1) is 12.8 Å². The number of nitrogens with one attached hydrogen (secondary N) is 2. The topological polar surface area (TPSA) is 77.0 Å². The van der Waals surface area contributed by atoms with Crippen LogP contribution in [0.15, 0.2) is 59.7 Å². The molecule has 2 N–H and O–H groups in total. The van der Waals surface area contributed by atoms with Crippen molar-refractivity contribution in [2.24, 2.45) is 11.0 Å². The van der Waals surface area contributed by atoms with Crippen LogP contribution in [0.1, 0.15) is 55.2 Å². The smallest absolute Gasteiger partial charge is 0.231 e. The lowest BCUT2D eigenvalue weighted by Crippen LogP contribution is -2.67. The van der Waals surface area contributed by atoms with E-state index >= 15 is 0 Å². The van der Waals surface area contributed by atoms with Gasteiger partial charge in [-0.3, -0.25) is 19.9 Å². The summed E-state index contributed by atoms with van der Waals surface area (Å²) >= 11 is 0. The molecule has 1 saturated heterocycles. The normalized spacial score (nSPS) is 23.3. The van der Waals surface area contributed by atoms with Crippen molar-refractivity contribution in [1.29, 1.82) is 0 Å². The number of carbonyl (C=O) groups excluding carboxylic acids is 2. The number of fused-ring (bicyclic) bond motifs is 3. The summed E-state index contributed by atoms with van der Waals surface area (Å²) in [6.07, 6.45) is 5.64. The molecule has 2 heterocycles. The number of amides is 2. The lowest BCUT2D eigenvalue weighted by Gasteiger charge is -2.50. The quantitative estimate of drug-likeness (QED) is 0.615. The second-order valence-electron chi connectivity index (χ2n) is 9.93. The fourth-order valence-corrected chi connectivity index (χ4v) is 5.60. The minimum absolute atomic E-state index is 0.00264. The number of nitrogens with zero attached hydrogens (tertiary/aromatic N) is 3. The molecule has 2 aliphatic heterocycles. The molecule has 3 unspecified atom stereocenters. The van der Waals surface area contributed by atoms with Gasteiger partial charge in [0.15, 0.2) is 6.29 Å². The lowest BCUT2D eigenvalue weighted by molar-refractivity contribution is -0.156. The van der Waals surface area contributed by atoms with E-state index in [2.05, 4.69) is 64.1 Å². The van der Waals surface area contributed by atoms with Gasteiger partial charge >= 0.3 is 0 Å². The molecule has 7 heteroatoms. The molecular formula is C28H35N5O2. The Kier molecular flexibility index (Phi) is 7.02. The molecule has 2 aromatic rings. The van der Waals surface area contributed by atoms with Crippen molar-refractivity contribution in [1.82, 2.24) is 20.5 Å². The van der Waals surface area contributed by atoms with Gasteiger partial charge in [-0.05, 0) is 37.3 Å². The van der Waals surface area contributed by atoms with Crippen LogP contribution in [0.4, 0.5) is 0 Å². The van der Waals surface area contributed by atoms with Crippen molar-refractivity contribution in [3.8, 4) is 0 Å². The van der Waals surface area contributed by atoms with Gasteiger partial charge in [0, 0.05) is 32.0 Å².